The highest BCUT2D eigenvalue weighted by atomic mass is 19.4. The zero-order valence-electron chi connectivity index (χ0n) is 18.0. The second-order valence-corrected chi connectivity index (χ2v) is 8.44. The Balaban J connectivity index is 1.79. The number of pyridine rings is 1. The third-order valence-corrected chi connectivity index (χ3v) is 5.37. The van der Waals surface area contributed by atoms with Gasteiger partial charge in [-0.3, -0.25) is 0 Å². The summed E-state index contributed by atoms with van der Waals surface area (Å²) in [7, 11) is 0. The van der Waals surface area contributed by atoms with Crippen molar-refractivity contribution in [3.05, 3.63) is 42.1 Å². The van der Waals surface area contributed by atoms with Crippen LogP contribution in [0.5, 0.6) is 5.75 Å². The number of nitrogens with one attached hydrogen (secondary N) is 2. The Labute approximate surface area is 181 Å². The van der Waals surface area contributed by atoms with Gasteiger partial charge < -0.3 is 21.1 Å². The normalized spacial score (nSPS) is 17.2. The second-order valence-electron chi connectivity index (χ2n) is 8.44. The molecule has 3 rings (SSSR count). The fourth-order valence-electron chi connectivity index (χ4n) is 3.86. The van der Waals surface area contributed by atoms with Crippen molar-refractivity contribution < 1.29 is 17.9 Å². The first kappa shape index (κ1) is 23.3. The highest BCUT2D eigenvalue weighted by Gasteiger charge is 2.35. The van der Waals surface area contributed by atoms with Crippen LogP contribution in [0, 0.1) is 5.92 Å². The molecule has 2 atom stereocenters. The van der Waals surface area contributed by atoms with E-state index in [2.05, 4.69) is 15.6 Å². The molecule has 1 aliphatic rings. The lowest BCUT2D eigenvalue weighted by molar-refractivity contribution is -0.139. The number of ether oxygens (including phenoxy) is 1. The maximum absolute atomic E-state index is 13.7. The predicted molar refractivity (Wildman–Crippen MR) is 117 cm³/mol. The number of anilines is 1. The molecule has 31 heavy (non-hydrogen) atoms. The highest BCUT2D eigenvalue weighted by Crippen LogP contribution is 2.39. The average Bonchev–Trinajstić information content (AvgIpc) is 2.72. The van der Waals surface area contributed by atoms with Crippen molar-refractivity contribution in [2.45, 2.75) is 51.4 Å². The van der Waals surface area contributed by atoms with Crippen molar-refractivity contribution >= 4 is 5.82 Å². The zero-order chi connectivity index (χ0) is 22.4. The summed E-state index contributed by atoms with van der Waals surface area (Å²) < 4.78 is 46.7. The van der Waals surface area contributed by atoms with Gasteiger partial charge in [0, 0.05) is 18.3 Å². The van der Waals surface area contributed by atoms with Gasteiger partial charge in [0.25, 0.3) is 0 Å². The number of nitrogens with two attached hydrogens (primary N) is 1. The highest BCUT2D eigenvalue weighted by molar-refractivity contribution is 5.68. The Hall–Kier alpha value is -2.32. The topological polar surface area (TPSA) is 72.2 Å². The first-order chi connectivity index (χ1) is 14.7. The zero-order valence-corrected chi connectivity index (χ0v) is 18.0. The number of halogens is 3. The van der Waals surface area contributed by atoms with Crippen LogP contribution in [0.4, 0.5) is 19.0 Å². The summed E-state index contributed by atoms with van der Waals surface area (Å²) in [4.78, 5) is 4.33. The van der Waals surface area contributed by atoms with Gasteiger partial charge in [-0.15, -0.1) is 0 Å². The van der Waals surface area contributed by atoms with Crippen LogP contribution in [0.2, 0.25) is 0 Å². The SMILES string of the molecule is CC(N)CC(C)COc1ccc(-c2ccnc(NC3CCNCC3)c2)cc1C(F)(F)F. The van der Waals surface area contributed by atoms with Crippen LogP contribution < -0.4 is 21.1 Å². The molecule has 5 nitrogen and oxygen atoms in total. The van der Waals surface area contributed by atoms with E-state index in [4.69, 9.17) is 10.5 Å². The Morgan fingerprint density at radius 3 is 2.55 bits per heavy atom. The molecule has 0 aliphatic carbocycles. The van der Waals surface area contributed by atoms with Gasteiger partial charge in [0.2, 0.25) is 0 Å². The number of aromatic nitrogens is 1. The molecular weight excluding hydrogens is 405 g/mol. The molecule has 2 unspecified atom stereocenters. The summed E-state index contributed by atoms with van der Waals surface area (Å²) in [5, 5.41) is 6.69. The maximum atomic E-state index is 13.7. The van der Waals surface area contributed by atoms with E-state index in [-0.39, 0.29) is 24.3 Å². The molecule has 0 radical (unpaired) electrons. The summed E-state index contributed by atoms with van der Waals surface area (Å²) in [6.07, 6.45) is -0.247. The Morgan fingerprint density at radius 1 is 1.16 bits per heavy atom. The molecule has 170 valence electrons. The largest absolute Gasteiger partial charge is 0.493 e. The van der Waals surface area contributed by atoms with E-state index < -0.39 is 11.7 Å². The van der Waals surface area contributed by atoms with Crippen molar-refractivity contribution in [3.63, 3.8) is 0 Å². The van der Waals surface area contributed by atoms with E-state index in [1.54, 1.807) is 24.4 Å². The fraction of sp³-hybridized carbons (Fsp3) is 0.522. The number of nitrogens with zero attached hydrogens (tertiary/aromatic N) is 1. The number of alkyl halides is 3. The maximum Gasteiger partial charge on any atom is 0.419 e. The first-order valence-electron chi connectivity index (χ1n) is 10.8. The van der Waals surface area contributed by atoms with Crippen molar-refractivity contribution in [3.8, 4) is 16.9 Å². The van der Waals surface area contributed by atoms with E-state index in [1.807, 2.05) is 13.8 Å². The smallest absolute Gasteiger partial charge is 0.419 e. The summed E-state index contributed by atoms with van der Waals surface area (Å²) in [5.41, 5.74) is 6.14. The molecular formula is C23H31F3N4O. The summed E-state index contributed by atoms with van der Waals surface area (Å²) in [5.74, 6) is 0.572. The van der Waals surface area contributed by atoms with Gasteiger partial charge in [-0.05, 0) is 80.6 Å². The van der Waals surface area contributed by atoms with Gasteiger partial charge in [0.1, 0.15) is 11.6 Å². The quantitative estimate of drug-likeness (QED) is 0.560. The van der Waals surface area contributed by atoms with Gasteiger partial charge in [-0.1, -0.05) is 13.0 Å². The predicted octanol–water partition coefficient (Wildman–Crippen LogP) is 4.68. The van der Waals surface area contributed by atoms with Crippen molar-refractivity contribution in [1.29, 1.82) is 0 Å². The Morgan fingerprint density at radius 2 is 1.87 bits per heavy atom. The molecule has 1 saturated heterocycles. The fourth-order valence-corrected chi connectivity index (χ4v) is 3.86. The lowest BCUT2D eigenvalue weighted by Crippen LogP contribution is -2.35. The Kier molecular flexibility index (Phi) is 7.78. The average molecular weight is 437 g/mol. The molecule has 1 aromatic carbocycles. The van der Waals surface area contributed by atoms with Gasteiger partial charge >= 0.3 is 6.18 Å². The molecule has 8 heteroatoms. The van der Waals surface area contributed by atoms with Gasteiger partial charge in [-0.25, -0.2) is 4.98 Å². The van der Waals surface area contributed by atoms with Crippen molar-refractivity contribution in [1.82, 2.24) is 10.3 Å². The molecule has 2 aromatic rings. The van der Waals surface area contributed by atoms with Crippen LogP contribution in [0.3, 0.4) is 0 Å². The number of benzene rings is 1. The van der Waals surface area contributed by atoms with E-state index in [9.17, 15) is 13.2 Å². The van der Waals surface area contributed by atoms with Crippen LogP contribution in [0.25, 0.3) is 11.1 Å². The summed E-state index contributed by atoms with van der Waals surface area (Å²) in [6.45, 7) is 5.85. The number of rotatable bonds is 8. The lowest BCUT2D eigenvalue weighted by atomic mass is 10.0. The molecule has 1 aliphatic heterocycles. The van der Waals surface area contributed by atoms with Gasteiger partial charge in [0.15, 0.2) is 0 Å². The third-order valence-electron chi connectivity index (χ3n) is 5.37. The van der Waals surface area contributed by atoms with Crippen LogP contribution in [0.15, 0.2) is 36.5 Å². The Bertz CT molecular complexity index is 851. The standard InChI is InChI=1S/C23H31F3N4O/c1-15(11-16(2)27)14-31-21-4-3-17(12-20(21)23(24,25)26)18-5-10-29-22(13-18)30-19-6-8-28-9-7-19/h3-5,10,12-13,15-16,19,28H,6-9,11,14,27H2,1-2H3,(H,29,30). The van der Waals surface area contributed by atoms with E-state index in [0.29, 0.717) is 29.4 Å². The molecule has 0 saturated carbocycles. The molecule has 2 heterocycles. The first-order valence-corrected chi connectivity index (χ1v) is 10.8. The number of hydrogen-bond acceptors (Lipinski definition) is 5. The van der Waals surface area contributed by atoms with E-state index in [0.717, 1.165) is 32.0 Å². The minimum absolute atomic E-state index is 0.0255. The van der Waals surface area contributed by atoms with Crippen LogP contribution in [0.1, 0.15) is 38.7 Å². The minimum Gasteiger partial charge on any atom is -0.493 e. The van der Waals surface area contributed by atoms with Crippen molar-refractivity contribution in [2.75, 3.05) is 25.0 Å². The van der Waals surface area contributed by atoms with Gasteiger partial charge in [-0.2, -0.15) is 13.2 Å². The molecule has 0 amide bonds. The lowest BCUT2D eigenvalue weighted by Gasteiger charge is -2.24. The van der Waals surface area contributed by atoms with Crippen molar-refractivity contribution in [2.24, 2.45) is 11.7 Å². The molecule has 0 bridgehead atoms. The van der Waals surface area contributed by atoms with Gasteiger partial charge in [0.05, 0.1) is 12.2 Å². The molecule has 0 spiro atoms. The molecule has 1 fully saturated rings. The molecule has 1 aromatic heterocycles. The van der Waals surface area contributed by atoms with Crippen LogP contribution in [-0.4, -0.2) is 36.8 Å². The van der Waals surface area contributed by atoms with Crippen LogP contribution >= 0.6 is 0 Å². The second kappa shape index (κ2) is 10.3. The number of piperidine rings is 1. The van der Waals surface area contributed by atoms with E-state index >= 15 is 0 Å². The number of hydrogen-bond donors (Lipinski definition) is 3. The summed E-state index contributed by atoms with van der Waals surface area (Å²) >= 11 is 0. The minimum atomic E-state index is -4.51. The third kappa shape index (κ3) is 6.83. The molecule has 4 N–H and O–H groups in total. The monoisotopic (exact) mass is 436 g/mol. The van der Waals surface area contributed by atoms with E-state index in [1.165, 1.54) is 6.07 Å². The van der Waals surface area contributed by atoms with Crippen LogP contribution in [-0.2, 0) is 6.18 Å². The summed E-state index contributed by atoms with van der Waals surface area (Å²) in [6, 6.07) is 8.00.